The fourth-order valence-electron chi connectivity index (χ4n) is 3.48. The lowest BCUT2D eigenvalue weighted by Crippen LogP contribution is -2.59. The van der Waals surface area contributed by atoms with E-state index in [1.165, 1.54) is 23.5 Å². The monoisotopic (exact) mass is 375 g/mol. The first kappa shape index (κ1) is 17.1. The zero-order valence-corrected chi connectivity index (χ0v) is 14.9. The second kappa shape index (κ2) is 6.77. The molecule has 3 heterocycles. The summed E-state index contributed by atoms with van der Waals surface area (Å²) in [6, 6.07) is 6.03. The fraction of sp³-hybridized carbons (Fsp3) is 0.389. The van der Waals surface area contributed by atoms with Crippen LogP contribution in [0.25, 0.3) is 0 Å². The van der Waals surface area contributed by atoms with Crippen molar-refractivity contribution in [2.75, 3.05) is 31.1 Å². The van der Waals surface area contributed by atoms with Crippen molar-refractivity contribution in [3.05, 3.63) is 46.7 Å². The lowest BCUT2D eigenvalue weighted by molar-refractivity contribution is -0.143. The van der Waals surface area contributed by atoms with E-state index in [9.17, 15) is 14.0 Å². The van der Waals surface area contributed by atoms with E-state index in [0.717, 1.165) is 0 Å². The first-order valence-electron chi connectivity index (χ1n) is 8.45. The molecule has 6 nitrogen and oxygen atoms in total. The molecule has 0 atom stereocenters. The molecule has 4 rings (SSSR count). The molecule has 2 saturated heterocycles. The second-order valence-corrected chi connectivity index (χ2v) is 7.46. The topological polar surface area (TPSA) is 62.7 Å². The molecule has 0 bridgehead atoms. The Morgan fingerprint density at radius 1 is 1.31 bits per heavy atom. The Morgan fingerprint density at radius 3 is 2.81 bits per heavy atom. The van der Waals surface area contributed by atoms with Gasteiger partial charge in [0.05, 0.1) is 12.1 Å². The van der Waals surface area contributed by atoms with Gasteiger partial charge in [0.2, 0.25) is 0 Å². The second-order valence-electron chi connectivity index (χ2n) is 6.56. The van der Waals surface area contributed by atoms with Crippen molar-refractivity contribution in [3.8, 4) is 0 Å². The number of rotatable bonds is 2. The van der Waals surface area contributed by atoms with Gasteiger partial charge in [-0.05, 0) is 31.0 Å². The number of halogens is 1. The summed E-state index contributed by atoms with van der Waals surface area (Å²) in [4.78, 5) is 32.1. The highest BCUT2D eigenvalue weighted by molar-refractivity contribution is 7.11. The van der Waals surface area contributed by atoms with Crippen LogP contribution in [0.2, 0.25) is 0 Å². The zero-order chi connectivity index (χ0) is 18.1. The molecule has 0 radical (unpaired) electrons. The largest absolute Gasteiger partial charge is 0.363 e. The number of anilines is 1. The van der Waals surface area contributed by atoms with Crippen molar-refractivity contribution in [2.24, 2.45) is 0 Å². The summed E-state index contributed by atoms with van der Waals surface area (Å²) in [6.45, 7) is 1.43. The van der Waals surface area contributed by atoms with Crippen molar-refractivity contribution in [1.29, 1.82) is 0 Å². The maximum atomic E-state index is 13.5. The number of carbonyl (C=O) groups excluding carboxylic acids is 2. The SMILES string of the molecule is O=C(c1nccs1)N1CCC2(CC1)CN(c1cccc(F)c1)C(=O)CO2. The maximum Gasteiger partial charge on any atom is 0.282 e. The third-order valence-corrected chi connectivity index (χ3v) is 5.71. The van der Waals surface area contributed by atoms with E-state index in [4.69, 9.17) is 4.74 Å². The number of amides is 2. The highest BCUT2D eigenvalue weighted by Crippen LogP contribution is 2.33. The molecule has 8 heteroatoms. The van der Waals surface area contributed by atoms with Crippen molar-refractivity contribution in [2.45, 2.75) is 18.4 Å². The van der Waals surface area contributed by atoms with Gasteiger partial charge in [-0.25, -0.2) is 9.37 Å². The van der Waals surface area contributed by atoms with Crippen LogP contribution in [0.1, 0.15) is 22.6 Å². The summed E-state index contributed by atoms with van der Waals surface area (Å²) in [6.07, 6.45) is 2.88. The Kier molecular flexibility index (Phi) is 4.46. The standard InChI is InChI=1S/C18H18FN3O3S/c19-13-2-1-3-14(10-13)22-12-18(25-11-15(22)23)4-7-21(8-5-18)17(24)16-20-6-9-26-16/h1-3,6,9-10H,4-5,7-8,11-12H2. The van der Waals surface area contributed by atoms with Crippen LogP contribution in [0.3, 0.4) is 0 Å². The number of likely N-dealkylation sites (tertiary alicyclic amines) is 1. The number of morpholine rings is 1. The van der Waals surface area contributed by atoms with E-state index in [1.807, 2.05) is 0 Å². The molecule has 1 spiro atoms. The van der Waals surface area contributed by atoms with Gasteiger partial charge in [0.15, 0.2) is 5.01 Å². The number of hydrogen-bond donors (Lipinski definition) is 0. The number of piperidine rings is 1. The summed E-state index contributed by atoms with van der Waals surface area (Å²) < 4.78 is 19.4. The van der Waals surface area contributed by atoms with Gasteiger partial charge in [0.25, 0.3) is 11.8 Å². The van der Waals surface area contributed by atoms with Crippen LogP contribution >= 0.6 is 11.3 Å². The van der Waals surface area contributed by atoms with Gasteiger partial charge in [-0.1, -0.05) is 6.07 Å². The van der Waals surface area contributed by atoms with E-state index in [2.05, 4.69) is 4.98 Å². The Morgan fingerprint density at radius 2 is 2.12 bits per heavy atom. The first-order chi connectivity index (χ1) is 12.6. The van der Waals surface area contributed by atoms with E-state index < -0.39 is 5.60 Å². The van der Waals surface area contributed by atoms with Crippen LogP contribution in [0, 0.1) is 5.82 Å². The van der Waals surface area contributed by atoms with Gasteiger partial charge in [-0.3, -0.25) is 9.59 Å². The number of nitrogens with zero attached hydrogens (tertiary/aromatic N) is 3. The zero-order valence-electron chi connectivity index (χ0n) is 14.1. The number of carbonyl (C=O) groups is 2. The van der Waals surface area contributed by atoms with E-state index in [0.29, 0.717) is 43.2 Å². The molecule has 0 saturated carbocycles. The van der Waals surface area contributed by atoms with Gasteiger partial charge < -0.3 is 14.5 Å². The highest BCUT2D eigenvalue weighted by Gasteiger charge is 2.43. The van der Waals surface area contributed by atoms with Crippen molar-refractivity contribution >= 4 is 28.8 Å². The summed E-state index contributed by atoms with van der Waals surface area (Å²) in [5.41, 5.74) is 0.0406. The lowest BCUT2D eigenvalue weighted by Gasteiger charge is -2.46. The Labute approximate surface area is 154 Å². The predicted octanol–water partition coefficient (Wildman–Crippen LogP) is 2.32. The average Bonchev–Trinajstić information content (AvgIpc) is 3.19. The smallest absolute Gasteiger partial charge is 0.282 e. The molecule has 136 valence electrons. The van der Waals surface area contributed by atoms with Crippen LogP contribution in [0.4, 0.5) is 10.1 Å². The summed E-state index contributed by atoms with van der Waals surface area (Å²) in [5, 5.41) is 2.27. The minimum Gasteiger partial charge on any atom is -0.363 e. The van der Waals surface area contributed by atoms with Crippen LogP contribution in [0.5, 0.6) is 0 Å². The summed E-state index contributed by atoms with van der Waals surface area (Å²) in [7, 11) is 0. The average molecular weight is 375 g/mol. The lowest BCUT2D eigenvalue weighted by atomic mass is 9.89. The Balaban J connectivity index is 1.46. The maximum absolute atomic E-state index is 13.5. The minimum absolute atomic E-state index is 0.0308. The van der Waals surface area contributed by atoms with Gasteiger partial charge >= 0.3 is 0 Å². The molecule has 2 aliphatic rings. The Hall–Kier alpha value is -2.32. The molecule has 1 aromatic carbocycles. The van der Waals surface area contributed by atoms with Crippen LogP contribution < -0.4 is 4.90 Å². The van der Waals surface area contributed by atoms with Gasteiger partial charge in [-0.15, -0.1) is 11.3 Å². The van der Waals surface area contributed by atoms with Gasteiger partial charge in [0.1, 0.15) is 12.4 Å². The quantitative estimate of drug-likeness (QED) is 0.808. The fourth-order valence-corrected chi connectivity index (χ4v) is 4.08. The number of hydrogen-bond acceptors (Lipinski definition) is 5. The van der Waals surface area contributed by atoms with Crippen molar-refractivity contribution < 1.29 is 18.7 Å². The van der Waals surface area contributed by atoms with Gasteiger partial charge in [0, 0.05) is 30.4 Å². The number of benzene rings is 1. The molecule has 0 aliphatic carbocycles. The third kappa shape index (κ3) is 3.22. The summed E-state index contributed by atoms with van der Waals surface area (Å²) >= 11 is 1.33. The molecule has 2 amide bonds. The molecule has 0 N–H and O–H groups in total. The van der Waals surface area contributed by atoms with Crippen LogP contribution in [-0.2, 0) is 9.53 Å². The molecule has 2 aliphatic heterocycles. The number of aromatic nitrogens is 1. The first-order valence-corrected chi connectivity index (χ1v) is 9.33. The third-order valence-electron chi connectivity index (χ3n) is 4.95. The molecule has 0 unspecified atom stereocenters. The molecule has 2 aromatic rings. The minimum atomic E-state index is -0.500. The molecule has 26 heavy (non-hydrogen) atoms. The van der Waals surface area contributed by atoms with Crippen molar-refractivity contribution in [1.82, 2.24) is 9.88 Å². The highest BCUT2D eigenvalue weighted by atomic mass is 32.1. The molecule has 1 aromatic heterocycles. The molecular formula is C18H18FN3O3S. The predicted molar refractivity (Wildman–Crippen MR) is 94.7 cm³/mol. The van der Waals surface area contributed by atoms with E-state index in [-0.39, 0.29) is 24.2 Å². The molecule has 2 fully saturated rings. The van der Waals surface area contributed by atoms with Crippen LogP contribution in [-0.4, -0.2) is 53.5 Å². The normalized spacial score (nSPS) is 19.8. The van der Waals surface area contributed by atoms with Crippen LogP contribution in [0.15, 0.2) is 35.8 Å². The number of ether oxygens (including phenoxy) is 1. The Bertz CT molecular complexity index is 819. The summed E-state index contributed by atoms with van der Waals surface area (Å²) in [5.74, 6) is -0.619. The van der Waals surface area contributed by atoms with Gasteiger partial charge in [-0.2, -0.15) is 0 Å². The van der Waals surface area contributed by atoms with E-state index in [1.54, 1.807) is 33.5 Å². The molecular weight excluding hydrogens is 357 g/mol. The number of thiazole rings is 1. The van der Waals surface area contributed by atoms with Crippen molar-refractivity contribution in [3.63, 3.8) is 0 Å². The van der Waals surface area contributed by atoms with E-state index >= 15 is 0 Å².